The highest BCUT2D eigenvalue weighted by Gasteiger charge is 2.31. The molecular formula is C23H21Cl2NO5S. The fraction of sp³-hybridized carbons (Fsp3) is 0.174. The Hall–Kier alpha value is -2.74. The van der Waals surface area contributed by atoms with Crippen LogP contribution in [0.15, 0.2) is 71.6 Å². The molecule has 0 saturated carbocycles. The molecule has 0 unspecified atom stereocenters. The number of aryl methyl sites for hydroxylation is 1. The topological polar surface area (TPSA) is 72.9 Å². The molecule has 0 fully saturated rings. The van der Waals surface area contributed by atoms with Crippen molar-refractivity contribution in [2.24, 2.45) is 0 Å². The van der Waals surface area contributed by atoms with Gasteiger partial charge in [-0.1, -0.05) is 40.9 Å². The van der Waals surface area contributed by atoms with Gasteiger partial charge in [0.25, 0.3) is 15.9 Å². The summed E-state index contributed by atoms with van der Waals surface area (Å²) in [5, 5.41) is 0.617. The van der Waals surface area contributed by atoms with Crippen molar-refractivity contribution in [1.29, 1.82) is 0 Å². The number of halogens is 2. The molecule has 3 aromatic rings. The maximum absolute atomic E-state index is 13.4. The first kappa shape index (κ1) is 23.9. The molecule has 0 spiro atoms. The predicted octanol–water partition coefficient (Wildman–Crippen LogP) is 5.50. The van der Waals surface area contributed by atoms with Gasteiger partial charge in [-0.15, -0.1) is 0 Å². The third-order valence-corrected chi connectivity index (χ3v) is 6.71. The van der Waals surface area contributed by atoms with Gasteiger partial charge in [0.05, 0.1) is 22.2 Å². The van der Waals surface area contributed by atoms with Crippen molar-refractivity contribution < 1.29 is 22.7 Å². The van der Waals surface area contributed by atoms with Gasteiger partial charge in [0, 0.05) is 5.02 Å². The first-order valence-corrected chi connectivity index (χ1v) is 11.9. The second kappa shape index (κ2) is 10.3. The van der Waals surface area contributed by atoms with Crippen LogP contribution in [-0.2, 0) is 14.8 Å². The van der Waals surface area contributed by atoms with Crippen molar-refractivity contribution in [3.8, 4) is 11.5 Å². The maximum atomic E-state index is 13.4. The molecule has 0 heterocycles. The summed E-state index contributed by atoms with van der Waals surface area (Å²) in [6.07, 6.45) is 0. The molecule has 0 saturated heterocycles. The van der Waals surface area contributed by atoms with Crippen molar-refractivity contribution in [3.63, 3.8) is 0 Å². The fourth-order valence-corrected chi connectivity index (χ4v) is 4.74. The Morgan fingerprint density at radius 1 is 0.938 bits per heavy atom. The van der Waals surface area contributed by atoms with E-state index in [9.17, 15) is 13.2 Å². The average molecular weight is 494 g/mol. The van der Waals surface area contributed by atoms with E-state index in [1.54, 1.807) is 30.3 Å². The molecule has 0 radical (unpaired) electrons. The van der Waals surface area contributed by atoms with Crippen molar-refractivity contribution in [3.05, 3.63) is 82.3 Å². The summed E-state index contributed by atoms with van der Waals surface area (Å²) in [6, 6.07) is 17.0. The van der Waals surface area contributed by atoms with Gasteiger partial charge in [-0.25, -0.2) is 8.42 Å². The maximum Gasteiger partial charge on any atom is 0.278 e. The Balaban J connectivity index is 1.95. The van der Waals surface area contributed by atoms with E-state index in [2.05, 4.69) is 0 Å². The van der Waals surface area contributed by atoms with Gasteiger partial charge in [0.1, 0.15) is 11.5 Å². The van der Waals surface area contributed by atoms with E-state index in [1.165, 1.54) is 36.4 Å². The highest BCUT2D eigenvalue weighted by Crippen LogP contribution is 2.29. The lowest BCUT2D eigenvalue weighted by molar-refractivity contribution is -0.119. The van der Waals surface area contributed by atoms with Gasteiger partial charge in [-0.2, -0.15) is 4.31 Å². The van der Waals surface area contributed by atoms with Crippen LogP contribution in [0.25, 0.3) is 0 Å². The minimum atomic E-state index is -4.21. The molecule has 32 heavy (non-hydrogen) atoms. The van der Waals surface area contributed by atoms with Gasteiger partial charge in [-0.3, -0.25) is 4.79 Å². The lowest BCUT2D eigenvalue weighted by atomic mass is 10.2. The normalized spacial score (nSPS) is 11.1. The van der Waals surface area contributed by atoms with E-state index in [1.807, 2.05) is 13.8 Å². The van der Waals surface area contributed by atoms with E-state index in [0.717, 1.165) is 9.87 Å². The van der Waals surface area contributed by atoms with Crippen LogP contribution in [0, 0.1) is 6.92 Å². The minimum Gasteiger partial charge on any atom is -0.494 e. The number of carbonyl (C=O) groups excluding carboxylic acids is 1. The second-order valence-corrected chi connectivity index (χ2v) is 9.40. The van der Waals surface area contributed by atoms with Crippen LogP contribution < -0.4 is 13.8 Å². The van der Waals surface area contributed by atoms with Crippen molar-refractivity contribution in [2.75, 3.05) is 17.5 Å². The standard InChI is InChI=1S/C23H21Cl2NO5S/c1-3-30-19-9-7-18(8-10-19)26(32(28,29)20-11-4-16(2)5-12-20)23(27)15-31-22-13-6-17(24)14-21(22)25/h4-14H,3,15H2,1-2H3. The van der Waals surface area contributed by atoms with Crippen LogP contribution in [0.2, 0.25) is 10.0 Å². The number of rotatable bonds is 8. The fourth-order valence-electron chi connectivity index (χ4n) is 2.87. The molecule has 1 amide bonds. The Morgan fingerprint density at radius 2 is 1.59 bits per heavy atom. The SMILES string of the molecule is CCOc1ccc(N(C(=O)COc2ccc(Cl)cc2Cl)S(=O)(=O)c2ccc(C)cc2)cc1. The first-order chi connectivity index (χ1) is 15.2. The Bertz CT molecular complexity index is 1200. The lowest BCUT2D eigenvalue weighted by Gasteiger charge is -2.23. The van der Waals surface area contributed by atoms with E-state index in [4.69, 9.17) is 32.7 Å². The van der Waals surface area contributed by atoms with Crippen molar-refractivity contribution >= 4 is 44.8 Å². The van der Waals surface area contributed by atoms with Gasteiger partial charge >= 0.3 is 0 Å². The van der Waals surface area contributed by atoms with Crippen LogP contribution in [0.4, 0.5) is 5.69 Å². The largest absolute Gasteiger partial charge is 0.494 e. The summed E-state index contributed by atoms with van der Waals surface area (Å²) >= 11 is 12.0. The lowest BCUT2D eigenvalue weighted by Crippen LogP contribution is -2.40. The van der Waals surface area contributed by atoms with Crippen LogP contribution in [-0.4, -0.2) is 27.5 Å². The molecule has 168 valence electrons. The van der Waals surface area contributed by atoms with Crippen LogP contribution in [0.3, 0.4) is 0 Å². The number of carbonyl (C=O) groups is 1. The van der Waals surface area contributed by atoms with Crippen LogP contribution in [0.5, 0.6) is 11.5 Å². The molecule has 0 aliphatic carbocycles. The summed E-state index contributed by atoms with van der Waals surface area (Å²) in [5.41, 5.74) is 1.05. The first-order valence-electron chi connectivity index (χ1n) is 9.68. The molecule has 0 aliphatic heterocycles. The molecule has 3 aromatic carbocycles. The molecule has 9 heteroatoms. The van der Waals surface area contributed by atoms with Crippen LogP contribution in [0.1, 0.15) is 12.5 Å². The zero-order valence-electron chi connectivity index (χ0n) is 17.4. The van der Waals surface area contributed by atoms with Gasteiger partial charge in [0.15, 0.2) is 6.61 Å². The molecule has 0 aliphatic rings. The van der Waals surface area contributed by atoms with Crippen molar-refractivity contribution in [2.45, 2.75) is 18.7 Å². The summed E-state index contributed by atoms with van der Waals surface area (Å²) in [7, 11) is -4.21. The number of ether oxygens (including phenoxy) is 2. The molecule has 0 bridgehead atoms. The molecule has 3 rings (SSSR count). The van der Waals surface area contributed by atoms with Gasteiger partial charge in [-0.05, 0) is 68.4 Å². The summed E-state index contributed by atoms with van der Waals surface area (Å²) in [6.45, 7) is 3.58. The predicted molar refractivity (Wildman–Crippen MR) is 125 cm³/mol. The molecule has 0 aromatic heterocycles. The number of amides is 1. The number of hydrogen-bond donors (Lipinski definition) is 0. The molecule has 6 nitrogen and oxygen atoms in total. The average Bonchev–Trinajstić information content (AvgIpc) is 2.75. The van der Waals surface area contributed by atoms with E-state index in [-0.39, 0.29) is 21.4 Å². The summed E-state index contributed by atoms with van der Waals surface area (Å²) in [5.74, 6) is -0.0230. The molecule has 0 atom stereocenters. The van der Waals surface area contributed by atoms with Crippen LogP contribution >= 0.6 is 23.2 Å². The zero-order valence-corrected chi connectivity index (χ0v) is 19.7. The number of benzene rings is 3. The second-order valence-electron chi connectivity index (χ2n) is 6.77. The monoisotopic (exact) mass is 493 g/mol. The number of anilines is 1. The zero-order chi connectivity index (χ0) is 23.3. The van der Waals surface area contributed by atoms with Crippen molar-refractivity contribution in [1.82, 2.24) is 0 Å². The summed E-state index contributed by atoms with van der Waals surface area (Å²) < 4.78 is 38.4. The Morgan fingerprint density at radius 3 is 2.19 bits per heavy atom. The minimum absolute atomic E-state index is 0.0186. The molecular weight excluding hydrogens is 473 g/mol. The van der Waals surface area contributed by atoms with E-state index in [0.29, 0.717) is 17.4 Å². The van der Waals surface area contributed by atoms with E-state index >= 15 is 0 Å². The third kappa shape index (κ3) is 5.54. The molecule has 0 N–H and O–H groups in total. The smallest absolute Gasteiger partial charge is 0.278 e. The van der Waals surface area contributed by atoms with Gasteiger partial charge in [0.2, 0.25) is 0 Å². The van der Waals surface area contributed by atoms with E-state index < -0.39 is 22.5 Å². The number of sulfonamides is 1. The highest BCUT2D eigenvalue weighted by molar-refractivity contribution is 7.93. The Labute approximate surface area is 197 Å². The number of nitrogens with zero attached hydrogens (tertiary/aromatic N) is 1. The quantitative estimate of drug-likeness (QED) is 0.414. The highest BCUT2D eigenvalue weighted by atomic mass is 35.5. The van der Waals surface area contributed by atoms with Gasteiger partial charge < -0.3 is 9.47 Å². The number of hydrogen-bond acceptors (Lipinski definition) is 5. The Kier molecular flexibility index (Phi) is 7.66. The third-order valence-electron chi connectivity index (χ3n) is 4.41. The summed E-state index contributed by atoms with van der Waals surface area (Å²) in [4.78, 5) is 13.1.